The van der Waals surface area contributed by atoms with Crippen LogP contribution < -0.4 is 10.1 Å². The fourth-order valence-corrected chi connectivity index (χ4v) is 1.84. The third-order valence-corrected chi connectivity index (χ3v) is 3.02. The Hall–Kier alpha value is -2.08. The number of benzene rings is 1. The molecule has 0 heterocycles. The number of anilines is 1. The normalized spacial score (nSPS) is 10.3. The smallest absolute Gasteiger partial charge is 0.319 e. The Morgan fingerprint density at radius 1 is 1.24 bits per heavy atom. The lowest BCUT2D eigenvalue weighted by Gasteiger charge is -2.19. The average Bonchev–Trinajstić information content (AvgIpc) is 2.46. The van der Waals surface area contributed by atoms with Crippen LogP contribution in [0.2, 0.25) is 0 Å². The van der Waals surface area contributed by atoms with Gasteiger partial charge in [-0.05, 0) is 31.2 Å². The van der Waals surface area contributed by atoms with Gasteiger partial charge >= 0.3 is 5.97 Å². The molecule has 1 aromatic rings. The highest BCUT2D eigenvalue weighted by Crippen LogP contribution is 2.25. The molecule has 0 fully saturated rings. The van der Waals surface area contributed by atoms with Gasteiger partial charge in [-0.15, -0.1) is 0 Å². The minimum atomic E-state index is -0.363. The minimum absolute atomic E-state index is 0.0887. The first-order chi connectivity index (χ1) is 9.99. The van der Waals surface area contributed by atoms with E-state index in [9.17, 15) is 9.59 Å². The zero-order valence-electron chi connectivity index (χ0n) is 12.9. The SMILES string of the molecule is CCN(CC(=O)Nc1cc(C)ccc1OC)CC(=O)OC. The van der Waals surface area contributed by atoms with Gasteiger partial charge in [0, 0.05) is 0 Å². The van der Waals surface area contributed by atoms with Crippen LogP contribution in [0.25, 0.3) is 0 Å². The van der Waals surface area contributed by atoms with Crippen molar-refractivity contribution in [2.75, 3.05) is 39.2 Å². The molecule has 0 saturated heterocycles. The maximum Gasteiger partial charge on any atom is 0.319 e. The van der Waals surface area contributed by atoms with Crippen LogP contribution >= 0.6 is 0 Å². The van der Waals surface area contributed by atoms with Crippen LogP contribution in [0.5, 0.6) is 5.75 Å². The number of hydrogen-bond donors (Lipinski definition) is 1. The van der Waals surface area contributed by atoms with E-state index in [0.29, 0.717) is 18.0 Å². The van der Waals surface area contributed by atoms with Crippen molar-refractivity contribution in [1.82, 2.24) is 4.90 Å². The molecule has 0 saturated carbocycles. The summed E-state index contributed by atoms with van der Waals surface area (Å²) in [5, 5.41) is 2.80. The Balaban J connectivity index is 2.68. The van der Waals surface area contributed by atoms with Crippen LogP contribution in [0.3, 0.4) is 0 Å². The summed E-state index contributed by atoms with van der Waals surface area (Å²) in [6.07, 6.45) is 0. The van der Waals surface area contributed by atoms with Crippen molar-refractivity contribution in [2.45, 2.75) is 13.8 Å². The Bertz CT molecular complexity index is 502. The molecule has 1 N–H and O–H groups in total. The molecule has 0 aliphatic heterocycles. The second kappa shape index (κ2) is 8.26. The molecule has 0 bridgehead atoms. The number of hydrogen-bond acceptors (Lipinski definition) is 5. The van der Waals surface area contributed by atoms with Crippen LogP contribution in [0.15, 0.2) is 18.2 Å². The zero-order chi connectivity index (χ0) is 15.8. The number of nitrogens with one attached hydrogen (secondary N) is 1. The third kappa shape index (κ3) is 5.43. The molecule has 1 amide bonds. The van der Waals surface area contributed by atoms with Gasteiger partial charge in [0.25, 0.3) is 0 Å². The summed E-state index contributed by atoms with van der Waals surface area (Å²) in [4.78, 5) is 25.0. The fraction of sp³-hybridized carbons (Fsp3) is 0.467. The first-order valence-corrected chi connectivity index (χ1v) is 6.73. The van der Waals surface area contributed by atoms with E-state index in [1.165, 1.54) is 7.11 Å². The van der Waals surface area contributed by atoms with Crippen molar-refractivity contribution in [2.24, 2.45) is 0 Å². The quantitative estimate of drug-likeness (QED) is 0.771. The van der Waals surface area contributed by atoms with Gasteiger partial charge in [-0.1, -0.05) is 13.0 Å². The molecule has 116 valence electrons. The largest absolute Gasteiger partial charge is 0.495 e. The zero-order valence-corrected chi connectivity index (χ0v) is 12.9. The number of methoxy groups -OCH3 is 2. The topological polar surface area (TPSA) is 67.9 Å². The fourth-order valence-electron chi connectivity index (χ4n) is 1.84. The highest BCUT2D eigenvalue weighted by molar-refractivity contribution is 5.94. The number of esters is 1. The average molecular weight is 294 g/mol. The predicted octanol–water partition coefficient (Wildman–Crippen LogP) is 1.44. The lowest BCUT2D eigenvalue weighted by atomic mass is 10.2. The Morgan fingerprint density at radius 2 is 1.95 bits per heavy atom. The van der Waals surface area contributed by atoms with Crippen molar-refractivity contribution in [3.8, 4) is 5.75 Å². The highest BCUT2D eigenvalue weighted by atomic mass is 16.5. The summed E-state index contributed by atoms with van der Waals surface area (Å²) in [7, 11) is 2.88. The summed E-state index contributed by atoms with van der Waals surface area (Å²) in [6.45, 7) is 4.59. The van der Waals surface area contributed by atoms with Gasteiger partial charge in [-0.25, -0.2) is 0 Å². The lowest BCUT2D eigenvalue weighted by molar-refractivity contribution is -0.142. The summed E-state index contributed by atoms with van der Waals surface area (Å²) >= 11 is 0. The number of carbonyl (C=O) groups is 2. The monoisotopic (exact) mass is 294 g/mol. The van der Waals surface area contributed by atoms with E-state index < -0.39 is 0 Å². The summed E-state index contributed by atoms with van der Waals surface area (Å²) < 4.78 is 9.81. The van der Waals surface area contributed by atoms with Crippen molar-refractivity contribution >= 4 is 17.6 Å². The van der Waals surface area contributed by atoms with Crippen LogP contribution in [0.1, 0.15) is 12.5 Å². The van der Waals surface area contributed by atoms with E-state index in [4.69, 9.17) is 4.74 Å². The van der Waals surface area contributed by atoms with Gasteiger partial charge in [0.15, 0.2) is 0 Å². The van der Waals surface area contributed by atoms with E-state index in [2.05, 4.69) is 10.1 Å². The number of ether oxygens (including phenoxy) is 2. The molecule has 6 nitrogen and oxygen atoms in total. The van der Waals surface area contributed by atoms with Gasteiger partial charge in [-0.2, -0.15) is 0 Å². The molecule has 0 spiro atoms. The molecule has 0 radical (unpaired) electrons. The predicted molar refractivity (Wildman–Crippen MR) is 80.5 cm³/mol. The number of likely N-dealkylation sites (N-methyl/N-ethyl adjacent to an activating group) is 1. The number of amides is 1. The maximum absolute atomic E-state index is 12.1. The first kappa shape index (κ1) is 17.0. The second-order valence-corrected chi connectivity index (χ2v) is 4.63. The number of aryl methyl sites for hydroxylation is 1. The van der Waals surface area contributed by atoms with Gasteiger partial charge < -0.3 is 14.8 Å². The second-order valence-electron chi connectivity index (χ2n) is 4.63. The Kier molecular flexibility index (Phi) is 6.68. The number of carbonyl (C=O) groups excluding carboxylic acids is 2. The molecule has 0 aromatic heterocycles. The highest BCUT2D eigenvalue weighted by Gasteiger charge is 2.14. The van der Waals surface area contributed by atoms with E-state index >= 15 is 0 Å². The summed E-state index contributed by atoms with van der Waals surface area (Å²) in [6, 6.07) is 5.55. The molecule has 0 aliphatic rings. The van der Waals surface area contributed by atoms with Gasteiger partial charge in [0.1, 0.15) is 5.75 Å². The van der Waals surface area contributed by atoms with Crippen molar-refractivity contribution in [1.29, 1.82) is 0 Å². The maximum atomic E-state index is 12.1. The molecule has 0 aliphatic carbocycles. The van der Waals surface area contributed by atoms with E-state index in [-0.39, 0.29) is 25.0 Å². The molecule has 1 aromatic carbocycles. The minimum Gasteiger partial charge on any atom is -0.495 e. The first-order valence-electron chi connectivity index (χ1n) is 6.73. The number of rotatable bonds is 7. The van der Waals surface area contributed by atoms with Crippen molar-refractivity contribution < 1.29 is 19.1 Å². The molecule has 21 heavy (non-hydrogen) atoms. The molecule has 1 rings (SSSR count). The summed E-state index contributed by atoms with van der Waals surface area (Å²) in [5.74, 6) is 0.0346. The molecule has 0 unspecified atom stereocenters. The lowest BCUT2D eigenvalue weighted by Crippen LogP contribution is -2.37. The van der Waals surface area contributed by atoms with Gasteiger partial charge in [0.05, 0.1) is 33.0 Å². The van der Waals surface area contributed by atoms with Gasteiger partial charge in [0.2, 0.25) is 5.91 Å². The Morgan fingerprint density at radius 3 is 2.52 bits per heavy atom. The molecular formula is C15H22N2O4. The molecule has 6 heteroatoms. The van der Waals surface area contributed by atoms with Crippen LogP contribution in [-0.4, -0.2) is 50.6 Å². The van der Waals surface area contributed by atoms with Crippen LogP contribution in [-0.2, 0) is 14.3 Å². The Labute approximate surface area is 125 Å². The molecule has 0 atom stereocenters. The van der Waals surface area contributed by atoms with E-state index in [1.54, 1.807) is 18.1 Å². The third-order valence-electron chi connectivity index (χ3n) is 3.02. The van der Waals surface area contributed by atoms with Crippen molar-refractivity contribution in [3.05, 3.63) is 23.8 Å². The molecular weight excluding hydrogens is 272 g/mol. The van der Waals surface area contributed by atoms with Crippen LogP contribution in [0, 0.1) is 6.92 Å². The summed E-state index contributed by atoms with van der Waals surface area (Å²) in [5.41, 5.74) is 1.64. The number of nitrogens with zero attached hydrogens (tertiary/aromatic N) is 1. The van der Waals surface area contributed by atoms with E-state index in [0.717, 1.165) is 5.56 Å². The van der Waals surface area contributed by atoms with Gasteiger partial charge in [-0.3, -0.25) is 14.5 Å². The van der Waals surface area contributed by atoms with Crippen molar-refractivity contribution in [3.63, 3.8) is 0 Å². The van der Waals surface area contributed by atoms with E-state index in [1.807, 2.05) is 26.0 Å². The standard InChI is InChI=1S/C15H22N2O4/c1-5-17(10-15(19)21-4)9-14(18)16-12-8-11(2)6-7-13(12)20-3/h6-8H,5,9-10H2,1-4H3,(H,16,18). The van der Waals surface area contributed by atoms with Crippen LogP contribution in [0.4, 0.5) is 5.69 Å².